The van der Waals surface area contributed by atoms with E-state index in [0.29, 0.717) is 36.0 Å². The summed E-state index contributed by atoms with van der Waals surface area (Å²) in [5.74, 6) is 2.34. The highest BCUT2D eigenvalue weighted by molar-refractivity contribution is 7.89. The fourth-order valence-corrected chi connectivity index (χ4v) is 7.25. The highest BCUT2D eigenvalue weighted by Gasteiger charge is 2.35. The topological polar surface area (TPSA) is 104 Å². The molecule has 0 aromatic heterocycles. The number of carbonyl (C=O) groups is 1. The molecule has 3 aromatic rings. The highest BCUT2D eigenvalue weighted by Crippen LogP contribution is 2.41. The molecule has 0 bridgehead atoms. The van der Waals surface area contributed by atoms with Crippen LogP contribution in [0.1, 0.15) is 61.1 Å². The SMILES string of the molecule is COc1cc2c(cc1OCc1ccccc1)CCN(S(=O)(=O)CCCN(C)C(=O)OC(C)(C)C)C2/C=C/c1cc2c(cc1C)OCO2. The Morgan fingerprint density at radius 2 is 1.79 bits per heavy atom. The minimum absolute atomic E-state index is 0.127. The summed E-state index contributed by atoms with van der Waals surface area (Å²) >= 11 is 0. The summed E-state index contributed by atoms with van der Waals surface area (Å²) < 4.78 is 57.9. The van der Waals surface area contributed by atoms with Gasteiger partial charge in [-0.1, -0.05) is 42.5 Å². The number of rotatable bonds is 11. The molecular formula is C36H44N2O8S. The van der Waals surface area contributed by atoms with Crippen molar-refractivity contribution in [2.45, 2.75) is 58.8 Å². The molecule has 5 rings (SSSR count). The van der Waals surface area contributed by atoms with Crippen molar-refractivity contribution in [3.05, 3.63) is 88.5 Å². The molecule has 0 aliphatic carbocycles. The molecule has 2 heterocycles. The van der Waals surface area contributed by atoms with Gasteiger partial charge in [0.15, 0.2) is 23.0 Å². The number of fused-ring (bicyclic) bond motifs is 2. The van der Waals surface area contributed by atoms with Crippen LogP contribution in [0.2, 0.25) is 0 Å². The molecule has 10 nitrogen and oxygen atoms in total. The second kappa shape index (κ2) is 14.3. The maximum Gasteiger partial charge on any atom is 0.410 e. The first-order chi connectivity index (χ1) is 22.3. The van der Waals surface area contributed by atoms with E-state index < -0.39 is 27.8 Å². The summed E-state index contributed by atoms with van der Waals surface area (Å²) in [6.07, 6.45) is 4.12. The summed E-state index contributed by atoms with van der Waals surface area (Å²) in [6, 6.07) is 17.0. The third-order valence-corrected chi connectivity index (χ3v) is 10.00. The van der Waals surface area contributed by atoms with Crippen molar-refractivity contribution in [3.8, 4) is 23.0 Å². The van der Waals surface area contributed by atoms with Gasteiger partial charge >= 0.3 is 6.09 Å². The summed E-state index contributed by atoms with van der Waals surface area (Å²) in [5.41, 5.74) is 4.08. The molecule has 0 fully saturated rings. The predicted molar refractivity (Wildman–Crippen MR) is 181 cm³/mol. The van der Waals surface area contributed by atoms with Gasteiger partial charge in [-0.05, 0) is 92.6 Å². The standard InChI is InChI=1S/C36H44N2O8S/c1-25-19-32-34(45-24-44-32)20-27(25)13-14-30-29-22-31(42-6)33(43-23-26-11-8-7-9-12-26)21-28(29)15-17-38(30)47(40,41)18-10-16-37(5)35(39)46-36(2,3)4/h7-9,11-14,19-22,30H,10,15-18,23-24H2,1-6H3/b14-13+. The zero-order valence-corrected chi connectivity index (χ0v) is 28.8. The lowest BCUT2D eigenvalue weighted by Gasteiger charge is -2.35. The largest absolute Gasteiger partial charge is 0.493 e. The zero-order chi connectivity index (χ0) is 33.8. The minimum Gasteiger partial charge on any atom is -0.493 e. The Morgan fingerprint density at radius 3 is 2.49 bits per heavy atom. The average molecular weight is 665 g/mol. The van der Waals surface area contributed by atoms with Gasteiger partial charge in [0, 0.05) is 20.1 Å². The molecule has 1 unspecified atom stereocenters. The lowest BCUT2D eigenvalue weighted by molar-refractivity contribution is 0.0299. The molecule has 3 aromatic carbocycles. The van der Waals surface area contributed by atoms with E-state index >= 15 is 0 Å². The van der Waals surface area contributed by atoms with Crippen LogP contribution in [0.25, 0.3) is 6.08 Å². The number of ether oxygens (including phenoxy) is 5. The van der Waals surface area contributed by atoms with Gasteiger partial charge in [0.1, 0.15) is 12.2 Å². The van der Waals surface area contributed by atoms with Gasteiger partial charge < -0.3 is 28.6 Å². The van der Waals surface area contributed by atoms with Gasteiger partial charge in [-0.2, -0.15) is 4.31 Å². The number of nitrogens with zero attached hydrogens (tertiary/aromatic N) is 2. The zero-order valence-electron chi connectivity index (χ0n) is 27.9. The first kappa shape index (κ1) is 34.1. The average Bonchev–Trinajstić information content (AvgIpc) is 3.48. The number of aryl methyl sites for hydroxylation is 1. The third kappa shape index (κ3) is 8.39. The second-order valence-electron chi connectivity index (χ2n) is 12.8. The summed E-state index contributed by atoms with van der Waals surface area (Å²) in [6.45, 7) is 8.44. The Morgan fingerprint density at radius 1 is 1.06 bits per heavy atom. The van der Waals surface area contributed by atoms with Crippen molar-refractivity contribution in [2.75, 3.05) is 39.8 Å². The van der Waals surface area contributed by atoms with E-state index in [0.717, 1.165) is 27.8 Å². The Bertz CT molecular complexity index is 1720. The molecule has 0 saturated heterocycles. The van der Waals surface area contributed by atoms with Crippen molar-refractivity contribution >= 4 is 22.2 Å². The van der Waals surface area contributed by atoms with E-state index in [1.807, 2.05) is 73.7 Å². The number of hydrogen-bond acceptors (Lipinski definition) is 8. The molecule has 47 heavy (non-hydrogen) atoms. The van der Waals surface area contributed by atoms with Crippen LogP contribution < -0.4 is 18.9 Å². The van der Waals surface area contributed by atoms with Crippen LogP contribution in [0.15, 0.2) is 60.7 Å². The van der Waals surface area contributed by atoms with Crippen LogP contribution >= 0.6 is 0 Å². The normalized spacial score (nSPS) is 16.2. The smallest absolute Gasteiger partial charge is 0.410 e. The number of methoxy groups -OCH3 is 1. The molecule has 2 aliphatic heterocycles. The van der Waals surface area contributed by atoms with Crippen molar-refractivity contribution < 1.29 is 36.9 Å². The van der Waals surface area contributed by atoms with E-state index in [2.05, 4.69) is 0 Å². The number of hydrogen-bond donors (Lipinski definition) is 0. The van der Waals surface area contributed by atoms with Gasteiger partial charge in [0.05, 0.1) is 18.9 Å². The molecule has 252 valence electrons. The fraction of sp³-hybridized carbons (Fsp3) is 0.417. The Hall–Kier alpha value is -4.22. The van der Waals surface area contributed by atoms with E-state index in [1.165, 1.54) is 4.90 Å². The molecular weight excluding hydrogens is 620 g/mol. The van der Waals surface area contributed by atoms with Crippen molar-refractivity contribution in [1.82, 2.24) is 9.21 Å². The van der Waals surface area contributed by atoms with Gasteiger partial charge in [0.2, 0.25) is 16.8 Å². The van der Waals surface area contributed by atoms with Crippen molar-refractivity contribution in [2.24, 2.45) is 0 Å². The van der Waals surface area contributed by atoms with Crippen LogP contribution in [0.5, 0.6) is 23.0 Å². The molecule has 1 atom stereocenters. The minimum atomic E-state index is -3.75. The highest BCUT2D eigenvalue weighted by atomic mass is 32.2. The first-order valence-corrected chi connectivity index (χ1v) is 17.3. The van der Waals surface area contributed by atoms with Gasteiger partial charge in [-0.15, -0.1) is 0 Å². The van der Waals surface area contributed by atoms with Crippen LogP contribution in [-0.2, 0) is 27.8 Å². The van der Waals surface area contributed by atoms with E-state index in [4.69, 9.17) is 23.7 Å². The molecule has 0 spiro atoms. The molecule has 1 amide bonds. The van der Waals surface area contributed by atoms with Crippen LogP contribution in [0.3, 0.4) is 0 Å². The number of benzene rings is 3. The van der Waals surface area contributed by atoms with Gasteiger partial charge in [0.25, 0.3) is 0 Å². The monoisotopic (exact) mass is 664 g/mol. The van der Waals surface area contributed by atoms with Crippen molar-refractivity contribution in [3.63, 3.8) is 0 Å². The van der Waals surface area contributed by atoms with E-state index in [1.54, 1.807) is 39.2 Å². The first-order valence-electron chi connectivity index (χ1n) is 15.7. The molecule has 0 radical (unpaired) electrons. The molecule has 0 saturated carbocycles. The Balaban J connectivity index is 1.42. The Kier molecular flexibility index (Phi) is 10.4. The van der Waals surface area contributed by atoms with E-state index in [-0.39, 0.29) is 32.1 Å². The van der Waals surface area contributed by atoms with Crippen LogP contribution in [0, 0.1) is 6.92 Å². The van der Waals surface area contributed by atoms with Crippen molar-refractivity contribution in [1.29, 1.82) is 0 Å². The second-order valence-corrected chi connectivity index (χ2v) is 14.8. The quantitative estimate of drug-likeness (QED) is 0.229. The maximum atomic E-state index is 14.0. The maximum absolute atomic E-state index is 14.0. The van der Waals surface area contributed by atoms with Gasteiger partial charge in [-0.3, -0.25) is 0 Å². The number of amides is 1. The lowest BCUT2D eigenvalue weighted by Crippen LogP contribution is -2.41. The van der Waals surface area contributed by atoms with E-state index in [9.17, 15) is 13.2 Å². The fourth-order valence-electron chi connectivity index (χ4n) is 5.62. The predicted octanol–water partition coefficient (Wildman–Crippen LogP) is 6.51. The number of carbonyl (C=O) groups excluding carboxylic acids is 1. The third-order valence-electron chi connectivity index (χ3n) is 8.07. The molecule has 11 heteroatoms. The molecule has 2 aliphatic rings. The summed E-state index contributed by atoms with van der Waals surface area (Å²) in [5, 5.41) is 0. The molecule has 0 N–H and O–H groups in total. The van der Waals surface area contributed by atoms with Crippen LogP contribution in [-0.4, -0.2) is 69.1 Å². The lowest BCUT2D eigenvalue weighted by atomic mass is 9.92. The van der Waals surface area contributed by atoms with Crippen LogP contribution in [0.4, 0.5) is 4.79 Å². The van der Waals surface area contributed by atoms with Gasteiger partial charge in [-0.25, -0.2) is 13.2 Å². The summed E-state index contributed by atoms with van der Waals surface area (Å²) in [4.78, 5) is 13.8. The Labute approximate surface area is 277 Å². The summed E-state index contributed by atoms with van der Waals surface area (Å²) in [7, 11) is -0.553. The number of sulfonamides is 1.